The predicted molar refractivity (Wildman–Crippen MR) is 61.1 cm³/mol. The average molecular weight is 212 g/mol. The van der Waals surface area contributed by atoms with Crippen molar-refractivity contribution >= 4 is 0 Å². The van der Waals surface area contributed by atoms with Gasteiger partial charge in [0, 0.05) is 11.9 Å². The third kappa shape index (κ3) is 1.71. The first-order valence-electron chi connectivity index (χ1n) is 5.04. The molecular formula is C13H12N2O. The number of aromatic nitrogens is 1. The Labute approximate surface area is 94.2 Å². The van der Waals surface area contributed by atoms with Crippen molar-refractivity contribution in [2.24, 2.45) is 0 Å². The van der Waals surface area contributed by atoms with Gasteiger partial charge in [-0.1, -0.05) is 12.1 Å². The lowest BCUT2D eigenvalue weighted by atomic mass is 10.1. The van der Waals surface area contributed by atoms with E-state index >= 15 is 0 Å². The minimum absolute atomic E-state index is 0.0396. The summed E-state index contributed by atoms with van der Waals surface area (Å²) < 4.78 is 1.84. The summed E-state index contributed by atoms with van der Waals surface area (Å²) in [5.41, 5.74) is 3.50. The molecule has 0 saturated carbocycles. The Morgan fingerprint density at radius 1 is 1.38 bits per heavy atom. The van der Waals surface area contributed by atoms with Crippen molar-refractivity contribution in [3.63, 3.8) is 0 Å². The van der Waals surface area contributed by atoms with Crippen LogP contribution in [0.3, 0.4) is 0 Å². The van der Waals surface area contributed by atoms with Gasteiger partial charge in [0.1, 0.15) is 11.8 Å². The van der Waals surface area contributed by atoms with Crippen molar-refractivity contribution in [1.29, 1.82) is 5.26 Å². The second kappa shape index (κ2) is 4.21. The largest absolute Gasteiger partial charge is 0.392 e. The van der Waals surface area contributed by atoms with Crippen molar-refractivity contribution in [2.45, 2.75) is 13.5 Å². The van der Waals surface area contributed by atoms with E-state index in [9.17, 15) is 0 Å². The third-order valence-electron chi connectivity index (χ3n) is 2.57. The van der Waals surface area contributed by atoms with Crippen molar-refractivity contribution in [1.82, 2.24) is 4.57 Å². The summed E-state index contributed by atoms with van der Waals surface area (Å²) in [6, 6.07) is 11.5. The van der Waals surface area contributed by atoms with E-state index in [1.807, 2.05) is 42.0 Å². The zero-order valence-corrected chi connectivity index (χ0v) is 9.01. The molecule has 1 aromatic heterocycles. The minimum atomic E-state index is 0.0396. The van der Waals surface area contributed by atoms with E-state index in [0.717, 1.165) is 16.8 Å². The van der Waals surface area contributed by atoms with E-state index in [0.29, 0.717) is 5.69 Å². The number of benzene rings is 1. The molecule has 0 fully saturated rings. The van der Waals surface area contributed by atoms with Crippen LogP contribution in [0.25, 0.3) is 5.69 Å². The number of nitrogens with zero attached hydrogens (tertiary/aromatic N) is 2. The molecule has 0 spiro atoms. The summed E-state index contributed by atoms with van der Waals surface area (Å²) >= 11 is 0. The fourth-order valence-corrected chi connectivity index (χ4v) is 1.77. The molecule has 1 heterocycles. The van der Waals surface area contributed by atoms with Gasteiger partial charge in [0.15, 0.2) is 0 Å². The zero-order chi connectivity index (χ0) is 11.5. The van der Waals surface area contributed by atoms with Crippen LogP contribution in [0.1, 0.15) is 16.8 Å². The average Bonchev–Trinajstić information content (AvgIpc) is 2.76. The summed E-state index contributed by atoms with van der Waals surface area (Å²) in [4.78, 5) is 0. The Kier molecular flexibility index (Phi) is 2.76. The number of nitriles is 1. The number of hydrogen-bond donors (Lipinski definition) is 1. The van der Waals surface area contributed by atoms with E-state index in [1.54, 1.807) is 6.07 Å². The highest BCUT2D eigenvalue weighted by atomic mass is 16.3. The number of rotatable bonds is 2. The van der Waals surface area contributed by atoms with Crippen LogP contribution in [0.15, 0.2) is 36.5 Å². The molecule has 2 aromatic rings. The first-order chi connectivity index (χ1) is 7.76. The Morgan fingerprint density at radius 2 is 2.19 bits per heavy atom. The van der Waals surface area contributed by atoms with Gasteiger partial charge in [-0.25, -0.2) is 0 Å². The molecule has 2 rings (SSSR count). The monoisotopic (exact) mass is 212 g/mol. The van der Waals surface area contributed by atoms with E-state index < -0.39 is 0 Å². The van der Waals surface area contributed by atoms with Crippen molar-refractivity contribution < 1.29 is 5.11 Å². The standard InChI is InChI=1S/C13H12N2O/c1-10-7-11(9-16)4-5-13(10)15-6-2-3-12(15)8-14/h2-7,16H,9H2,1H3. The topological polar surface area (TPSA) is 49.0 Å². The Morgan fingerprint density at radius 3 is 2.81 bits per heavy atom. The molecule has 0 atom stereocenters. The highest BCUT2D eigenvalue weighted by Gasteiger charge is 2.05. The molecule has 1 aromatic carbocycles. The molecule has 0 unspecified atom stereocenters. The van der Waals surface area contributed by atoms with Crippen molar-refractivity contribution in [3.05, 3.63) is 53.3 Å². The quantitative estimate of drug-likeness (QED) is 0.829. The molecule has 1 N–H and O–H groups in total. The van der Waals surface area contributed by atoms with Gasteiger partial charge in [-0.15, -0.1) is 0 Å². The summed E-state index contributed by atoms with van der Waals surface area (Å²) in [7, 11) is 0. The second-order valence-electron chi connectivity index (χ2n) is 3.65. The van der Waals surface area contributed by atoms with Gasteiger partial charge in [-0.3, -0.25) is 0 Å². The molecule has 80 valence electrons. The molecule has 3 heteroatoms. The molecule has 0 saturated heterocycles. The van der Waals surface area contributed by atoms with Crippen LogP contribution in [-0.2, 0) is 6.61 Å². The maximum Gasteiger partial charge on any atom is 0.124 e. The number of aliphatic hydroxyl groups is 1. The van der Waals surface area contributed by atoms with Crippen LogP contribution in [-0.4, -0.2) is 9.67 Å². The molecule has 0 aliphatic heterocycles. The molecular weight excluding hydrogens is 200 g/mol. The Bertz CT molecular complexity index is 549. The highest BCUT2D eigenvalue weighted by molar-refractivity contribution is 5.46. The normalized spacial score (nSPS) is 10.1. The molecule has 16 heavy (non-hydrogen) atoms. The SMILES string of the molecule is Cc1cc(CO)ccc1-n1cccc1C#N. The van der Waals surface area contributed by atoms with E-state index in [4.69, 9.17) is 10.4 Å². The van der Waals surface area contributed by atoms with E-state index in [-0.39, 0.29) is 6.61 Å². The smallest absolute Gasteiger partial charge is 0.124 e. The summed E-state index contributed by atoms with van der Waals surface area (Å²) in [5.74, 6) is 0. The van der Waals surface area contributed by atoms with Crippen molar-refractivity contribution in [3.8, 4) is 11.8 Å². The van der Waals surface area contributed by atoms with Crippen LogP contribution < -0.4 is 0 Å². The zero-order valence-electron chi connectivity index (χ0n) is 9.01. The third-order valence-corrected chi connectivity index (χ3v) is 2.57. The van der Waals surface area contributed by atoms with E-state index in [1.165, 1.54) is 0 Å². The lowest BCUT2D eigenvalue weighted by molar-refractivity contribution is 0.282. The Balaban J connectivity index is 2.53. The number of hydrogen-bond acceptors (Lipinski definition) is 2. The maximum absolute atomic E-state index is 9.03. The van der Waals surface area contributed by atoms with Gasteiger partial charge in [-0.2, -0.15) is 5.26 Å². The maximum atomic E-state index is 9.03. The fraction of sp³-hybridized carbons (Fsp3) is 0.154. The van der Waals surface area contributed by atoms with E-state index in [2.05, 4.69) is 6.07 Å². The fourth-order valence-electron chi connectivity index (χ4n) is 1.77. The molecule has 0 bridgehead atoms. The van der Waals surface area contributed by atoms with Gasteiger partial charge in [0.05, 0.1) is 6.61 Å². The first-order valence-corrected chi connectivity index (χ1v) is 5.04. The van der Waals surface area contributed by atoms with Gasteiger partial charge in [0.25, 0.3) is 0 Å². The van der Waals surface area contributed by atoms with Gasteiger partial charge < -0.3 is 9.67 Å². The summed E-state index contributed by atoms with van der Waals surface area (Å²) in [6.07, 6.45) is 1.86. The summed E-state index contributed by atoms with van der Waals surface area (Å²) in [5, 5.41) is 18.0. The van der Waals surface area contributed by atoms with Gasteiger partial charge >= 0.3 is 0 Å². The van der Waals surface area contributed by atoms with Gasteiger partial charge in [0.2, 0.25) is 0 Å². The molecule has 0 amide bonds. The Hall–Kier alpha value is -2.05. The van der Waals surface area contributed by atoms with Crippen molar-refractivity contribution in [2.75, 3.05) is 0 Å². The highest BCUT2D eigenvalue weighted by Crippen LogP contribution is 2.18. The lowest BCUT2D eigenvalue weighted by Gasteiger charge is -2.09. The molecule has 0 aliphatic rings. The van der Waals surface area contributed by atoms with Crippen LogP contribution in [0, 0.1) is 18.3 Å². The number of aryl methyl sites for hydroxylation is 1. The summed E-state index contributed by atoms with van der Waals surface area (Å²) in [6.45, 7) is 2.01. The van der Waals surface area contributed by atoms with Crippen LogP contribution in [0.4, 0.5) is 0 Å². The minimum Gasteiger partial charge on any atom is -0.392 e. The molecule has 0 radical (unpaired) electrons. The number of aliphatic hydroxyl groups excluding tert-OH is 1. The second-order valence-corrected chi connectivity index (χ2v) is 3.65. The van der Waals surface area contributed by atoms with Gasteiger partial charge in [-0.05, 0) is 36.2 Å². The first kappa shape index (κ1) is 10.5. The van der Waals surface area contributed by atoms with Crippen LogP contribution in [0.5, 0.6) is 0 Å². The molecule has 3 nitrogen and oxygen atoms in total. The lowest BCUT2D eigenvalue weighted by Crippen LogP contribution is -1.99. The molecule has 0 aliphatic carbocycles. The predicted octanol–water partition coefficient (Wildman–Crippen LogP) is 2.15. The van der Waals surface area contributed by atoms with Crippen LogP contribution in [0.2, 0.25) is 0 Å². The van der Waals surface area contributed by atoms with Crippen LogP contribution >= 0.6 is 0 Å².